The van der Waals surface area contributed by atoms with Crippen LogP contribution in [0.1, 0.15) is 24.2 Å². The van der Waals surface area contributed by atoms with Crippen LogP contribution in [0.4, 0.5) is 5.69 Å². The summed E-state index contributed by atoms with van der Waals surface area (Å²) in [7, 11) is 0. The van der Waals surface area contributed by atoms with Crippen molar-refractivity contribution in [3.63, 3.8) is 0 Å². The highest BCUT2D eigenvalue weighted by Gasteiger charge is 2.10. The number of rotatable bonds is 6. The van der Waals surface area contributed by atoms with E-state index >= 15 is 0 Å². The molecule has 4 nitrogen and oxygen atoms in total. The molecule has 0 saturated carbocycles. The van der Waals surface area contributed by atoms with Crippen molar-refractivity contribution in [2.24, 2.45) is 0 Å². The number of nitrogens with one attached hydrogen (secondary N) is 1. The Morgan fingerprint density at radius 3 is 2.53 bits per heavy atom. The third-order valence-electron chi connectivity index (χ3n) is 2.92. The molecule has 0 spiro atoms. The van der Waals surface area contributed by atoms with Crippen molar-refractivity contribution in [3.05, 3.63) is 28.8 Å². The summed E-state index contributed by atoms with van der Waals surface area (Å²) < 4.78 is 5.20. The molecule has 1 rings (SSSR count). The average molecular weight is 307 g/mol. The minimum absolute atomic E-state index is 0. The predicted molar refractivity (Wildman–Crippen MR) is 73.1 cm³/mol. The SMILES string of the molecule is CC[NH+](CC)CCOC(=O)c1ccc(Cl)c(N)c1.[Cl-]. The Labute approximate surface area is 125 Å². The highest BCUT2D eigenvalue weighted by molar-refractivity contribution is 6.33. The van der Waals surface area contributed by atoms with Crippen molar-refractivity contribution >= 4 is 23.3 Å². The Hall–Kier alpha value is -0.970. The van der Waals surface area contributed by atoms with Gasteiger partial charge >= 0.3 is 5.97 Å². The van der Waals surface area contributed by atoms with Gasteiger partial charge in [-0.1, -0.05) is 11.6 Å². The smallest absolute Gasteiger partial charge is 0.338 e. The van der Waals surface area contributed by atoms with E-state index in [1.165, 1.54) is 11.0 Å². The first-order valence-corrected chi connectivity index (χ1v) is 6.52. The Morgan fingerprint density at radius 2 is 2.00 bits per heavy atom. The largest absolute Gasteiger partial charge is 1.00 e. The first kappa shape index (κ1) is 18.0. The number of hydrogen-bond acceptors (Lipinski definition) is 3. The van der Waals surface area contributed by atoms with Crippen molar-refractivity contribution in [1.29, 1.82) is 0 Å². The lowest BCUT2D eigenvalue weighted by Gasteiger charge is -2.15. The van der Waals surface area contributed by atoms with Gasteiger partial charge < -0.3 is 27.8 Å². The molecular weight excluding hydrogens is 287 g/mol. The number of anilines is 1. The lowest BCUT2D eigenvalue weighted by atomic mass is 10.2. The molecular formula is C13H20Cl2N2O2. The maximum absolute atomic E-state index is 11.7. The number of benzene rings is 1. The molecule has 0 aliphatic rings. The maximum atomic E-state index is 11.7. The summed E-state index contributed by atoms with van der Waals surface area (Å²) in [6.07, 6.45) is 0. The Morgan fingerprint density at radius 1 is 1.37 bits per heavy atom. The summed E-state index contributed by atoms with van der Waals surface area (Å²) in [6, 6.07) is 4.75. The molecule has 108 valence electrons. The minimum Gasteiger partial charge on any atom is -1.00 e. The van der Waals surface area contributed by atoms with Gasteiger partial charge in [-0.25, -0.2) is 4.79 Å². The van der Waals surface area contributed by atoms with E-state index in [1.54, 1.807) is 12.1 Å². The number of likely N-dealkylation sites (N-methyl/N-ethyl adjacent to an activating group) is 1. The van der Waals surface area contributed by atoms with Crippen LogP contribution in [0.2, 0.25) is 5.02 Å². The van der Waals surface area contributed by atoms with Gasteiger partial charge in [0, 0.05) is 0 Å². The quantitative estimate of drug-likeness (QED) is 0.472. The molecule has 0 unspecified atom stereocenters. The maximum Gasteiger partial charge on any atom is 0.338 e. The van der Waals surface area contributed by atoms with Gasteiger partial charge in [0.15, 0.2) is 0 Å². The van der Waals surface area contributed by atoms with Crippen molar-refractivity contribution in [2.75, 3.05) is 32.0 Å². The fourth-order valence-electron chi connectivity index (χ4n) is 1.65. The van der Waals surface area contributed by atoms with Gasteiger partial charge in [0.1, 0.15) is 13.2 Å². The normalized spacial score (nSPS) is 10.1. The lowest BCUT2D eigenvalue weighted by Crippen LogP contribution is -3.11. The molecule has 0 heterocycles. The van der Waals surface area contributed by atoms with Crippen LogP contribution in [0.3, 0.4) is 0 Å². The number of carbonyl (C=O) groups is 1. The number of ether oxygens (including phenoxy) is 1. The zero-order valence-corrected chi connectivity index (χ0v) is 12.7. The topological polar surface area (TPSA) is 56.8 Å². The molecule has 0 atom stereocenters. The van der Waals surface area contributed by atoms with Crippen LogP contribution in [-0.2, 0) is 4.74 Å². The third-order valence-corrected chi connectivity index (χ3v) is 3.26. The first-order chi connectivity index (χ1) is 8.58. The van der Waals surface area contributed by atoms with E-state index in [1.807, 2.05) is 0 Å². The molecule has 0 fully saturated rings. The molecule has 3 N–H and O–H groups in total. The zero-order valence-electron chi connectivity index (χ0n) is 11.2. The number of quaternary nitrogens is 1. The summed E-state index contributed by atoms with van der Waals surface area (Å²) in [5.74, 6) is -0.357. The van der Waals surface area contributed by atoms with Gasteiger partial charge in [-0.2, -0.15) is 0 Å². The number of esters is 1. The minimum atomic E-state index is -0.357. The molecule has 0 aliphatic carbocycles. The number of nitrogens with two attached hydrogens (primary N) is 1. The van der Waals surface area contributed by atoms with Crippen molar-refractivity contribution in [3.8, 4) is 0 Å². The Kier molecular flexibility index (Phi) is 8.56. The number of hydrogen-bond donors (Lipinski definition) is 2. The van der Waals surface area contributed by atoms with E-state index in [2.05, 4.69) is 13.8 Å². The first-order valence-electron chi connectivity index (χ1n) is 6.14. The predicted octanol–water partition coefficient (Wildman–Crippen LogP) is -1.99. The number of carbonyl (C=O) groups excluding carboxylic acids is 1. The summed E-state index contributed by atoms with van der Waals surface area (Å²) in [5.41, 5.74) is 6.46. The van der Waals surface area contributed by atoms with Crippen molar-refractivity contribution in [2.45, 2.75) is 13.8 Å². The molecule has 6 heteroatoms. The molecule has 1 aromatic rings. The van der Waals surface area contributed by atoms with E-state index < -0.39 is 0 Å². The summed E-state index contributed by atoms with van der Waals surface area (Å²) in [6.45, 7) is 7.52. The van der Waals surface area contributed by atoms with Crippen LogP contribution in [0.5, 0.6) is 0 Å². The van der Waals surface area contributed by atoms with Crippen LogP contribution in [0.25, 0.3) is 0 Å². The van der Waals surface area contributed by atoms with Gasteiger partial charge in [0.25, 0.3) is 0 Å². The van der Waals surface area contributed by atoms with Gasteiger partial charge in [0.2, 0.25) is 0 Å². The molecule has 0 radical (unpaired) electrons. The van der Waals surface area contributed by atoms with Crippen LogP contribution >= 0.6 is 11.6 Å². The molecule has 1 aromatic carbocycles. The Bertz CT molecular complexity index is 410. The van der Waals surface area contributed by atoms with Crippen molar-refractivity contribution in [1.82, 2.24) is 0 Å². The molecule has 0 saturated heterocycles. The fraction of sp³-hybridized carbons (Fsp3) is 0.462. The number of nitrogen functional groups attached to an aromatic ring is 1. The van der Waals surface area contributed by atoms with Crippen LogP contribution in [-0.4, -0.2) is 32.2 Å². The lowest BCUT2D eigenvalue weighted by molar-refractivity contribution is -0.896. The van der Waals surface area contributed by atoms with Gasteiger partial charge in [-0.15, -0.1) is 0 Å². The highest BCUT2D eigenvalue weighted by atomic mass is 35.5. The Balaban J connectivity index is 0.00000324. The third kappa shape index (κ3) is 5.68. The molecule has 0 bridgehead atoms. The second-order valence-corrected chi connectivity index (χ2v) is 4.49. The summed E-state index contributed by atoms with van der Waals surface area (Å²) >= 11 is 5.79. The second-order valence-electron chi connectivity index (χ2n) is 4.08. The summed E-state index contributed by atoms with van der Waals surface area (Å²) in [5, 5.41) is 0.444. The fourth-order valence-corrected chi connectivity index (χ4v) is 1.76. The zero-order chi connectivity index (χ0) is 13.5. The van der Waals surface area contributed by atoms with Crippen molar-refractivity contribution < 1.29 is 26.8 Å². The van der Waals surface area contributed by atoms with Gasteiger partial charge in [0.05, 0.1) is 29.4 Å². The highest BCUT2D eigenvalue weighted by Crippen LogP contribution is 2.19. The molecule has 0 aromatic heterocycles. The summed E-state index contributed by atoms with van der Waals surface area (Å²) in [4.78, 5) is 13.1. The molecule has 0 amide bonds. The number of halogens is 2. The molecule has 19 heavy (non-hydrogen) atoms. The van der Waals surface area contributed by atoms with Crippen LogP contribution < -0.4 is 23.0 Å². The van der Waals surface area contributed by atoms with E-state index in [-0.39, 0.29) is 18.4 Å². The van der Waals surface area contributed by atoms with Gasteiger partial charge in [-0.3, -0.25) is 0 Å². The van der Waals surface area contributed by atoms with Gasteiger partial charge in [-0.05, 0) is 32.0 Å². The standard InChI is InChI=1S/C13H19ClN2O2.ClH/c1-3-16(4-2)7-8-18-13(17)10-5-6-11(14)12(15)9-10;/h5-6,9H,3-4,7-8,15H2,1-2H3;1H. The molecule has 0 aliphatic heterocycles. The second kappa shape index (κ2) is 9.02. The van der Waals surface area contributed by atoms with E-state index in [0.29, 0.717) is 22.9 Å². The van der Waals surface area contributed by atoms with Crippen LogP contribution in [0.15, 0.2) is 18.2 Å². The van der Waals surface area contributed by atoms with E-state index in [9.17, 15) is 4.79 Å². The monoisotopic (exact) mass is 306 g/mol. The average Bonchev–Trinajstić information content (AvgIpc) is 2.37. The van der Waals surface area contributed by atoms with E-state index in [0.717, 1.165) is 19.6 Å². The van der Waals surface area contributed by atoms with Crippen LogP contribution in [0, 0.1) is 0 Å². The van der Waals surface area contributed by atoms with E-state index in [4.69, 9.17) is 22.1 Å².